The molecule has 0 aliphatic heterocycles. The number of benzene rings is 2. The minimum absolute atomic E-state index is 0.0519. The molecule has 3 rings (SSSR count). The van der Waals surface area contributed by atoms with Crippen molar-refractivity contribution in [1.29, 1.82) is 0 Å². The van der Waals surface area contributed by atoms with Crippen molar-refractivity contribution >= 4 is 26.9 Å². The van der Waals surface area contributed by atoms with E-state index in [1.165, 1.54) is 6.26 Å². The maximum absolute atomic E-state index is 12.3. The molecule has 100 valence electrons. The molecule has 1 aromatic heterocycles. The highest BCUT2D eigenvalue weighted by molar-refractivity contribution is 9.10. The van der Waals surface area contributed by atoms with Crippen LogP contribution in [0, 0.1) is 0 Å². The van der Waals surface area contributed by atoms with Crippen LogP contribution in [0.25, 0.3) is 11.0 Å². The van der Waals surface area contributed by atoms with Gasteiger partial charge in [0.05, 0.1) is 10.9 Å². The van der Waals surface area contributed by atoms with Crippen LogP contribution in [0.5, 0.6) is 5.75 Å². The molecule has 2 aromatic carbocycles. The number of ether oxygens (including phenoxy) is 1. The molecule has 0 amide bonds. The smallest absolute Gasteiger partial charge is 0.199 e. The topological polar surface area (TPSA) is 39.4 Å². The molecule has 4 heteroatoms. The second-order valence-corrected chi connectivity index (χ2v) is 5.24. The quantitative estimate of drug-likeness (QED) is 0.724. The van der Waals surface area contributed by atoms with E-state index >= 15 is 0 Å². The Morgan fingerprint density at radius 1 is 1.05 bits per heavy atom. The number of hydrogen-bond donors (Lipinski definition) is 0. The molecule has 0 fully saturated rings. The average molecular weight is 331 g/mol. The van der Waals surface area contributed by atoms with Crippen molar-refractivity contribution < 1.29 is 9.15 Å². The summed E-state index contributed by atoms with van der Waals surface area (Å²) in [5, 5.41) is 0.574. The van der Waals surface area contributed by atoms with Gasteiger partial charge in [0, 0.05) is 4.47 Å². The number of para-hydroxylation sites is 1. The summed E-state index contributed by atoms with van der Waals surface area (Å²) in [4.78, 5) is 12.3. The summed E-state index contributed by atoms with van der Waals surface area (Å²) in [7, 11) is 0. The van der Waals surface area contributed by atoms with Crippen LogP contribution in [0.4, 0.5) is 0 Å². The van der Waals surface area contributed by atoms with Gasteiger partial charge >= 0.3 is 0 Å². The highest BCUT2D eigenvalue weighted by Crippen LogP contribution is 2.17. The van der Waals surface area contributed by atoms with Crippen LogP contribution in [0.1, 0.15) is 5.56 Å². The van der Waals surface area contributed by atoms with Crippen molar-refractivity contribution in [3.8, 4) is 5.75 Å². The Hall–Kier alpha value is -2.07. The van der Waals surface area contributed by atoms with Gasteiger partial charge in [0.2, 0.25) is 0 Å². The van der Waals surface area contributed by atoms with Crippen LogP contribution < -0.4 is 10.2 Å². The van der Waals surface area contributed by atoms with Crippen LogP contribution in [-0.2, 0) is 6.61 Å². The zero-order valence-corrected chi connectivity index (χ0v) is 12.1. The second kappa shape index (κ2) is 5.51. The summed E-state index contributed by atoms with van der Waals surface area (Å²) >= 11 is 3.36. The molecule has 1 heterocycles. The van der Waals surface area contributed by atoms with Gasteiger partial charge in [-0.15, -0.1) is 0 Å². The van der Waals surface area contributed by atoms with Crippen molar-refractivity contribution in [2.75, 3.05) is 0 Å². The van der Waals surface area contributed by atoms with Crippen LogP contribution in [0.3, 0.4) is 0 Å². The van der Waals surface area contributed by atoms with E-state index in [2.05, 4.69) is 15.9 Å². The molecule has 0 N–H and O–H groups in total. The fourth-order valence-corrected chi connectivity index (χ4v) is 2.17. The van der Waals surface area contributed by atoms with Crippen molar-refractivity contribution in [3.63, 3.8) is 0 Å². The van der Waals surface area contributed by atoms with Crippen LogP contribution in [0.2, 0.25) is 0 Å². The zero-order chi connectivity index (χ0) is 13.9. The third-order valence-corrected chi connectivity index (χ3v) is 3.49. The third kappa shape index (κ3) is 2.60. The molecule has 20 heavy (non-hydrogen) atoms. The summed E-state index contributed by atoms with van der Waals surface area (Å²) in [6, 6.07) is 14.6. The molecule has 0 radical (unpaired) electrons. The molecule has 0 atom stereocenters. The van der Waals surface area contributed by atoms with Gasteiger partial charge in [-0.2, -0.15) is 0 Å². The molecule has 3 aromatic rings. The summed E-state index contributed by atoms with van der Waals surface area (Å²) in [6.07, 6.45) is 1.46. The maximum atomic E-state index is 12.3. The van der Waals surface area contributed by atoms with Gasteiger partial charge in [-0.25, -0.2) is 0 Å². The van der Waals surface area contributed by atoms with Gasteiger partial charge in [-0.3, -0.25) is 4.79 Å². The Morgan fingerprint density at radius 3 is 2.60 bits per heavy atom. The van der Waals surface area contributed by atoms with Crippen molar-refractivity contribution in [3.05, 3.63) is 75.1 Å². The molecule has 0 bridgehead atoms. The largest absolute Gasteiger partial charge is 0.489 e. The Balaban J connectivity index is 1.86. The van der Waals surface area contributed by atoms with E-state index in [1.807, 2.05) is 36.4 Å². The maximum Gasteiger partial charge on any atom is 0.199 e. The molecular weight excluding hydrogens is 320 g/mol. The lowest BCUT2D eigenvalue weighted by Gasteiger charge is -2.06. The van der Waals surface area contributed by atoms with Gasteiger partial charge in [-0.05, 0) is 36.4 Å². The molecule has 0 saturated carbocycles. The first-order valence-corrected chi connectivity index (χ1v) is 6.91. The predicted molar refractivity (Wildman–Crippen MR) is 81.0 cm³/mol. The van der Waals surface area contributed by atoms with E-state index in [0.29, 0.717) is 22.3 Å². The predicted octanol–water partition coefficient (Wildman–Crippen LogP) is 4.13. The lowest BCUT2D eigenvalue weighted by molar-refractivity contribution is 0.302. The van der Waals surface area contributed by atoms with E-state index < -0.39 is 0 Å². The molecule has 0 aliphatic carbocycles. The molecular formula is C16H11BrO3. The standard InChI is InChI=1S/C16H11BrO3/c17-12-5-7-13(8-6-12)19-9-11-10-20-15-4-2-1-3-14(15)16(11)18/h1-8,10H,9H2. The third-order valence-electron chi connectivity index (χ3n) is 2.96. The lowest BCUT2D eigenvalue weighted by Crippen LogP contribution is -2.11. The van der Waals surface area contributed by atoms with Gasteiger partial charge < -0.3 is 9.15 Å². The summed E-state index contributed by atoms with van der Waals surface area (Å²) in [5.41, 5.74) is 1.04. The minimum Gasteiger partial charge on any atom is -0.489 e. The van der Waals surface area contributed by atoms with Crippen molar-refractivity contribution in [2.45, 2.75) is 6.61 Å². The molecule has 0 saturated heterocycles. The van der Waals surface area contributed by atoms with E-state index in [1.54, 1.807) is 12.1 Å². The average Bonchev–Trinajstić information content (AvgIpc) is 2.49. The zero-order valence-electron chi connectivity index (χ0n) is 10.5. The first kappa shape index (κ1) is 12.9. The highest BCUT2D eigenvalue weighted by atomic mass is 79.9. The minimum atomic E-state index is -0.0519. The Morgan fingerprint density at radius 2 is 1.80 bits per heavy atom. The Bertz CT molecular complexity index is 791. The number of hydrogen-bond acceptors (Lipinski definition) is 3. The van der Waals surface area contributed by atoms with Crippen molar-refractivity contribution in [2.24, 2.45) is 0 Å². The Labute approximate surface area is 123 Å². The molecule has 0 unspecified atom stereocenters. The number of rotatable bonds is 3. The number of fused-ring (bicyclic) bond motifs is 1. The summed E-state index contributed by atoms with van der Waals surface area (Å²) in [5.74, 6) is 0.709. The summed E-state index contributed by atoms with van der Waals surface area (Å²) < 4.78 is 12.0. The fourth-order valence-electron chi connectivity index (χ4n) is 1.91. The second-order valence-electron chi connectivity index (χ2n) is 4.33. The Kier molecular flexibility index (Phi) is 3.56. The van der Waals surface area contributed by atoms with Crippen molar-refractivity contribution in [1.82, 2.24) is 0 Å². The number of halogens is 1. The summed E-state index contributed by atoms with van der Waals surface area (Å²) in [6.45, 7) is 0.189. The normalized spacial score (nSPS) is 10.7. The van der Waals surface area contributed by atoms with Gasteiger partial charge in [0.25, 0.3) is 0 Å². The highest BCUT2D eigenvalue weighted by Gasteiger charge is 2.07. The molecule has 3 nitrogen and oxygen atoms in total. The van der Waals surface area contributed by atoms with Gasteiger partial charge in [-0.1, -0.05) is 28.1 Å². The lowest BCUT2D eigenvalue weighted by atomic mass is 10.2. The van der Waals surface area contributed by atoms with Gasteiger partial charge in [0.15, 0.2) is 5.43 Å². The van der Waals surface area contributed by atoms with E-state index in [4.69, 9.17) is 9.15 Å². The van der Waals surface area contributed by atoms with E-state index in [0.717, 1.165) is 4.47 Å². The van der Waals surface area contributed by atoms with Crippen LogP contribution >= 0.6 is 15.9 Å². The molecule has 0 aliphatic rings. The monoisotopic (exact) mass is 330 g/mol. The fraction of sp³-hybridized carbons (Fsp3) is 0.0625. The SMILES string of the molecule is O=c1c(COc2ccc(Br)cc2)coc2ccccc12. The molecule has 0 spiro atoms. The van der Waals surface area contributed by atoms with Crippen LogP contribution in [0.15, 0.2) is 68.5 Å². The van der Waals surface area contributed by atoms with Gasteiger partial charge in [0.1, 0.15) is 24.2 Å². The van der Waals surface area contributed by atoms with E-state index in [9.17, 15) is 4.79 Å². The first-order chi connectivity index (χ1) is 9.74. The van der Waals surface area contributed by atoms with E-state index in [-0.39, 0.29) is 12.0 Å². The van der Waals surface area contributed by atoms with Crippen LogP contribution in [-0.4, -0.2) is 0 Å². The first-order valence-electron chi connectivity index (χ1n) is 6.12.